The summed E-state index contributed by atoms with van der Waals surface area (Å²) in [5.74, 6) is 3.35. The lowest BCUT2D eigenvalue weighted by atomic mass is 9.95. The molecule has 2 aromatic heterocycles. The molecule has 3 heterocycles. The number of ether oxygens (including phenoxy) is 1. The Morgan fingerprint density at radius 1 is 1.09 bits per heavy atom. The van der Waals surface area contributed by atoms with Gasteiger partial charge in [0.2, 0.25) is 0 Å². The van der Waals surface area contributed by atoms with Gasteiger partial charge in [-0.3, -0.25) is 4.79 Å². The first-order valence-electron chi connectivity index (χ1n) is 15.9. The first-order valence-corrected chi connectivity index (χ1v) is 15.9. The minimum Gasteiger partial charge on any atom is -0.494 e. The van der Waals surface area contributed by atoms with Crippen LogP contribution >= 0.6 is 0 Å². The average Bonchev–Trinajstić information content (AvgIpc) is 3.48. The summed E-state index contributed by atoms with van der Waals surface area (Å²) in [6.07, 6.45) is 4.52. The van der Waals surface area contributed by atoms with Crippen LogP contribution in [0.3, 0.4) is 0 Å². The van der Waals surface area contributed by atoms with Gasteiger partial charge in [0.25, 0.3) is 5.91 Å². The van der Waals surface area contributed by atoms with Crippen LogP contribution in [-0.2, 0) is 13.6 Å². The molecule has 2 unspecified atom stereocenters. The van der Waals surface area contributed by atoms with Crippen molar-refractivity contribution in [2.45, 2.75) is 46.1 Å². The van der Waals surface area contributed by atoms with E-state index in [4.69, 9.17) is 9.72 Å². The number of imidazole rings is 1. The van der Waals surface area contributed by atoms with Gasteiger partial charge in [0, 0.05) is 48.8 Å². The molecule has 2 fully saturated rings. The number of hydrogen-bond acceptors (Lipinski definition) is 4. The van der Waals surface area contributed by atoms with Crippen molar-refractivity contribution < 1.29 is 9.53 Å². The Kier molecular flexibility index (Phi) is 7.16. The van der Waals surface area contributed by atoms with Crippen molar-refractivity contribution in [3.63, 3.8) is 0 Å². The maximum absolute atomic E-state index is 13.7. The Bertz CT molecular complexity index is 1940. The summed E-state index contributed by atoms with van der Waals surface area (Å²) in [6.45, 7) is 6.99. The maximum Gasteiger partial charge on any atom is 0.254 e. The Hall–Kier alpha value is -4.57. The SMILES string of the molecule is CC[C@@H]1CCCN(C(=O)c2cc(OC)c3c(c2)nc(-c2cc4cccc(-c5ccccc5C#N)c4n2CC2CC2C)n3C)C1. The van der Waals surface area contributed by atoms with E-state index in [1.54, 1.807) is 7.11 Å². The largest absolute Gasteiger partial charge is 0.494 e. The van der Waals surface area contributed by atoms with Crippen molar-refractivity contribution in [3.05, 3.63) is 71.8 Å². The number of para-hydroxylation sites is 1. The van der Waals surface area contributed by atoms with Crippen LogP contribution in [0.25, 0.3) is 44.6 Å². The first-order chi connectivity index (χ1) is 21.4. The molecule has 0 spiro atoms. The van der Waals surface area contributed by atoms with Gasteiger partial charge in [-0.15, -0.1) is 0 Å². The molecular weight excluding hydrogens is 546 g/mol. The second kappa shape index (κ2) is 11.2. The number of amides is 1. The lowest BCUT2D eigenvalue weighted by Crippen LogP contribution is -2.39. The van der Waals surface area contributed by atoms with Crippen molar-refractivity contribution in [1.82, 2.24) is 19.0 Å². The second-order valence-electron chi connectivity index (χ2n) is 12.7. The van der Waals surface area contributed by atoms with Gasteiger partial charge < -0.3 is 18.8 Å². The Labute approximate surface area is 258 Å². The summed E-state index contributed by atoms with van der Waals surface area (Å²) in [5, 5.41) is 11.0. The van der Waals surface area contributed by atoms with Crippen molar-refractivity contribution in [2.24, 2.45) is 24.8 Å². The Morgan fingerprint density at radius 3 is 2.64 bits per heavy atom. The maximum atomic E-state index is 13.7. The van der Waals surface area contributed by atoms with E-state index in [2.05, 4.69) is 53.3 Å². The molecule has 1 saturated heterocycles. The van der Waals surface area contributed by atoms with Gasteiger partial charge in [0.1, 0.15) is 11.3 Å². The van der Waals surface area contributed by atoms with Crippen LogP contribution in [0.1, 0.15) is 55.5 Å². The quantitative estimate of drug-likeness (QED) is 0.197. The number of benzene rings is 3. The number of nitrogens with zero attached hydrogens (tertiary/aromatic N) is 5. The summed E-state index contributed by atoms with van der Waals surface area (Å²) in [7, 11) is 3.69. The van der Waals surface area contributed by atoms with Gasteiger partial charge >= 0.3 is 0 Å². The molecule has 3 atom stereocenters. The highest BCUT2D eigenvalue weighted by Crippen LogP contribution is 2.44. The molecular formula is C37H39N5O2. The molecule has 0 radical (unpaired) electrons. The number of methoxy groups -OCH3 is 1. The van der Waals surface area contributed by atoms with Crippen molar-refractivity contribution >= 4 is 27.8 Å². The summed E-state index contributed by atoms with van der Waals surface area (Å²) in [6, 6.07) is 22.6. The number of aryl methyl sites for hydroxylation is 1. The fourth-order valence-electron chi connectivity index (χ4n) is 7.20. The van der Waals surface area contributed by atoms with Gasteiger partial charge in [-0.25, -0.2) is 4.98 Å². The molecule has 7 nitrogen and oxygen atoms in total. The molecule has 0 N–H and O–H groups in total. The van der Waals surface area contributed by atoms with E-state index in [0.29, 0.717) is 34.6 Å². The van der Waals surface area contributed by atoms with Gasteiger partial charge in [-0.2, -0.15) is 5.26 Å². The van der Waals surface area contributed by atoms with Crippen LogP contribution in [0, 0.1) is 29.1 Å². The predicted molar refractivity (Wildman–Crippen MR) is 175 cm³/mol. The molecule has 0 bridgehead atoms. The lowest BCUT2D eigenvalue weighted by molar-refractivity contribution is 0.0671. The molecule has 1 aliphatic carbocycles. The topological polar surface area (TPSA) is 76.1 Å². The highest BCUT2D eigenvalue weighted by Gasteiger charge is 2.34. The molecule has 5 aromatic rings. The van der Waals surface area contributed by atoms with Crippen molar-refractivity contribution in [1.29, 1.82) is 5.26 Å². The Balaban J connectivity index is 1.39. The summed E-state index contributed by atoms with van der Waals surface area (Å²) in [5.41, 5.74) is 7.04. The minimum atomic E-state index is 0.0492. The minimum absolute atomic E-state index is 0.0492. The van der Waals surface area contributed by atoms with Crippen LogP contribution in [-0.4, -0.2) is 45.1 Å². The Morgan fingerprint density at radius 2 is 1.89 bits per heavy atom. The summed E-state index contributed by atoms with van der Waals surface area (Å²) >= 11 is 0. The number of rotatable bonds is 7. The normalized spacial score (nSPS) is 19.8. The second-order valence-corrected chi connectivity index (χ2v) is 12.7. The molecule has 44 heavy (non-hydrogen) atoms. The number of hydrogen-bond donors (Lipinski definition) is 0. The monoisotopic (exact) mass is 585 g/mol. The number of carbonyl (C=O) groups is 1. The zero-order valence-corrected chi connectivity index (χ0v) is 26.0. The van der Waals surface area contributed by atoms with Gasteiger partial charge in [-0.1, -0.05) is 56.7 Å². The van der Waals surface area contributed by atoms with Crippen LogP contribution in [0.4, 0.5) is 0 Å². The number of fused-ring (bicyclic) bond motifs is 2. The predicted octanol–water partition coefficient (Wildman–Crippen LogP) is 7.66. The van der Waals surface area contributed by atoms with E-state index in [0.717, 1.165) is 77.1 Å². The molecule has 1 amide bonds. The molecule has 3 aromatic carbocycles. The van der Waals surface area contributed by atoms with Gasteiger partial charge in [-0.05, 0) is 61.3 Å². The third kappa shape index (κ3) is 4.73. The first kappa shape index (κ1) is 28.2. The molecule has 7 heteroatoms. The standard InChI is InChI=1S/C37H39N5O2/c1-5-24-10-9-15-41(21-24)37(43)27-17-31-35(33(19-27)44-4)40(3)36(39-31)32-18-25-12-8-14-30(29-13-7-6-11-26(29)20-38)34(25)42(32)22-28-16-23(28)2/h6-8,11-14,17-19,23-24,28H,5,9-10,15-16,21-22H2,1-4H3/t23?,24-,28?/m1/s1. The van der Waals surface area contributed by atoms with Crippen LogP contribution in [0.15, 0.2) is 60.7 Å². The number of carbonyl (C=O) groups excluding carboxylic acids is 1. The van der Waals surface area contributed by atoms with E-state index in [-0.39, 0.29) is 5.91 Å². The summed E-state index contributed by atoms with van der Waals surface area (Å²) in [4.78, 5) is 20.9. The molecule has 7 rings (SSSR count). The number of likely N-dealkylation sites (tertiary alicyclic amines) is 1. The fraction of sp³-hybridized carbons (Fsp3) is 0.378. The van der Waals surface area contributed by atoms with Crippen molar-refractivity contribution in [3.8, 4) is 34.5 Å². The van der Waals surface area contributed by atoms with Crippen LogP contribution in [0.2, 0.25) is 0 Å². The smallest absolute Gasteiger partial charge is 0.254 e. The van der Waals surface area contributed by atoms with E-state index in [1.807, 2.05) is 48.3 Å². The van der Waals surface area contributed by atoms with Gasteiger partial charge in [0.15, 0.2) is 5.82 Å². The molecule has 1 saturated carbocycles. The average molecular weight is 586 g/mol. The summed E-state index contributed by atoms with van der Waals surface area (Å²) < 4.78 is 10.4. The highest BCUT2D eigenvalue weighted by atomic mass is 16.5. The lowest BCUT2D eigenvalue weighted by Gasteiger charge is -2.32. The highest BCUT2D eigenvalue weighted by molar-refractivity contribution is 6.01. The van der Waals surface area contributed by atoms with Crippen LogP contribution < -0.4 is 4.74 Å². The van der Waals surface area contributed by atoms with E-state index in [9.17, 15) is 10.1 Å². The third-order valence-electron chi connectivity index (χ3n) is 9.96. The molecule has 224 valence electrons. The number of piperidine rings is 1. The zero-order chi connectivity index (χ0) is 30.5. The van der Waals surface area contributed by atoms with E-state index >= 15 is 0 Å². The third-order valence-corrected chi connectivity index (χ3v) is 9.96. The zero-order valence-electron chi connectivity index (χ0n) is 26.0. The fourth-order valence-corrected chi connectivity index (χ4v) is 7.20. The van der Waals surface area contributed by atoms with E-state index in [1.165, 1.54) is 12.8 Å². The van der Waals surface area contributed by atoms with Crippen LogP contribution in [0.5, 0.6) is 5.75 Å². The van der Waals surface area contributed by atoms with E-state index < -0.39 is 0 Å². The molecule has 2 aliphatic rings. The van der Waals surface area contributed by atoms with Crippen molar-refractivity contribution in [2.75, 3.05) is 20.2 Å². The van der Waals surface area contributed by atoms with Gasteiger partial charge in [0.05, 0.1) is 35.5 Å². The number of nitriles is 1. The molecule has 1 aliphatic heterocycles. The number of aromatic nitrogens is 3.